The zero-order valence-corrected chi connectivity index (χ0v) is 2.77. The molecule has 0 aliphatic rings. The van der Waals surface area contributed by atoms with Crippen molar-refractivity contribution >= 4 is 8.18 Å². The van der Waals surface area contributed by atoms with E-state index in [1.807, 2.05) is 0 Å². The van der Waals surface area contributed by atoms with E-state index in [0.717, 1.165) is 0 Å². The molecule has 0 heterocycles. The Bertz CT molecular complexity index is 29.0. The second kappa shape index (κ2) is 1.35. The monoisotopic (exact) mass is 80.0 g/mol. The number of hydrogen-bond donors (Lipinski definition) is 2. The van der Waals surface area contributed by atoms with E-state index in [1.165, 1.54) is 0 Å². The number of hydrogen-bond acceptors (Lipinski definition) is 1. The van der Waals surface area contributed by atoms with Crippen molar-refractivity contribution in [3.63, 3.8) is 0 Å². The summed E-state index contributed by atoms with van der Waals surface area (Å²) in [5, 5.41) is 0. The Balaban J connectivity index is 2.80. The van der Waals surface area contributed by atoms with E-state index in [2.05, 4.69) is 5.50 Å². The molecule has 1 unspecified atom stereocenters. The van der Waals surface area contributed by atoms with Crippen molar-refractivity contribution in [2.24, 2.45) is 5.50 Å². The van der Waals surface area contributed by atoms with E-state index >= 15 is 0 Å². The van der Waals surface area contributed by atoms with Crippen LogP contribution >= 0.6 is 8.18 Å². The van der Waals surface area contributed by atoms with Crippen molar-refractivity contribution in [1.29, 1.82) is 0 Å². The summed E-state index contributed by atoms with van der Waals surface area (Å²) in [7, 11) is -2.37. The van der Waals surface area contributed by atoms with E-state index in [4.69, 9.17) is 9.46 Å². The largest absolute Gasteiger partial charge is 0.607 e. The Hall–Kier alpha value is 0.0200. The average molecular weight is 80.0 g/mol. The topological polar surface area (TPSA) is 63.3 Å². The van der Waals surface area contributed by atoms with Crippen LogP contribution < -0.4 is 5.50 Å². The van der Waals surface area contributed by atoms with Crippen LogP contribution in [-0.4, -0.2) is 4.89 Å². The molecule has 0 fully saturated rings. The second-order valence-electron chi connectivity index (χ2n) is 0.303. The molecule has 3 N–H and O–H groups in total. The summed E-state index contributed by atoms with van der Waals surface area (Å²) < 4.78 is 8.93. The van der Waals surface area contributed by atoms with Gasteiger partial charge in [-0.15, -0.1) is 4.89 Å². The van der Waals surface area contributed by atoms with Gasteiger partial charge in [0.15, 0.2) is 0 Å². The minimum absolute atomic E-state index is 2.37. The number of rotatable bonds is 0. The van der Waals surface area contributed by atoms with Crippen LogP contribution in [0, 0.1) is 0 Å². The highest BCUT2D eigenvalue weighted by Crippen LogP contribution is 1.91. The molecule has 0 aliphatic heterocycles. The van der Waals surface area contributed by atoms with Gasteiger partial charge in [-0.2, -0.15) is 0 Å². The molecular weight excluding hydrogens is 77.0 g/mol. The van der Waals surface area contributed by atoms with Gasteiger partial charge in [-0.25, -0.2) is 0 Å². The lowest BCUT2D eigenvalue weighted by atomic mass is 13.9. The highest BCUT2D eigenvalue weighted by atomic mass is 31.1. The fraction of sp³-hybridized carbons (Fsp3) is 0. The highest BCUT2D eigenvalue weighted by Gasteiger charge is 1.88. The molecule has 0 rings (SSSR count). The van der Waals surface area contributed by atoms with Crippen molar-refractivity contribution in [3.8, 4) is 0 Å². The van der Waals surface area contributed by atoms with Crippen LogP contribution in [0.15, 0.2) is 0 Å². The van der Waals surface area contributed by atoms with E-state index in [9.17, 15) is 0 Å². The van der Waals surface area contributed by atoms with E-state index in [-0.39, 0.29) is 0 Å². The van der Waals surface area contributed by atoms with Crippen LogP contribution in [0.5, 0.6) is 0 Å². The molecule has 0 saturated carbocycles. The molecule has 0 saturated heterocycles. The van der Waals surface area contributed by atoms with Crippen LogP contribution in [-0.2, 0) is 4.57 Å². The Morgan fingerprint density at radius 3 is 2.00 bits per heavy atom. The summed E-state index contributed by atoms with van der Waals surface area (Å²) >= 11 is 0. The fourth-order valence-electron chi connectivity index (χ4n) is 0. The lowest BCUT2D eigenvalue weighted by Crippen LogP contribution is -1.68. The van der Waals surface area contributed by atoms with Crippen LogP contribution in [0.3, 0.4) is 0 Å². The van der Waals surface area contributed by atoms with Gasteiger partial charge >= 0.3 is 8.18 Å². The van der Waals surface area contributed by atoms with Crippen molar-refractivity contribution in [2.45, 2.75) is 0 Å². The standard InChI is InChI=1S/H2NO2P/c1-4(2)3/h(H2-,1,2,3)/p+1. The van der Waals surface area contributed by atoms with Gasteiger partial charge in [0, 0.05) is 0 Å². The van der Waals surface area contributed by atoms with E-state index < -0.39 is 8.18 Å². The summed E-state index contributed by atoms with van der Waals surface area (Å²) in [5.74, 6) is 0. The third kappa shape index (κ3) is 5250. The van der Waals surface area contributed by atoms with Crippen LogP contribution in [0.2, 0.25) is 0 Å². The summed E-state index contributed by atoms with van der Waals surface area (Å²) in [6.07, 6.45) is 0. The van der Waals surface area contributed by atoms with Crippen LogP contribution in [0.4, 0.5) is 0 Å². The van der Waals surface area contributed by atoms with Crippen LogP contribution in [0.1, 0.15) is 0 Å². The minimum atomic E-state index is -2.37. The molecule has 0 aromatic heterocycles. The van der Waals surface area contributed by atoms with Gasteiger partial charge in [0.1, 0.15) is 0 Å². The van der Waals surface area contributed by atoms with Gasteiger partial charge < -0.3 is 0 Å². The first-order valence-electron chi connectivity index (χ1n) is 0.641. The van der Waals surface area contributed by atoms with Gasteiger partial charge in [-0.1, -0.05) is 5.50 Å². The highest BCUT2D eigenvalue weighted by molar-refractivity contribution is 7.35. The summed E-state index contributed by atoms with van der Waals surface area (Å²) in [5.41, 5.74) is 4.18. The normalized spacial score (nSPS) is 11.0. The zero-order chi connectivity index (χ0) is 3.58. The Labute approximate surface area is 24.4 Å². The van der Waals surface area contributed by atoms with Gasteiger partial charge in [0.25, 0.3) is 0 Å². The Morgan fingerprint density at radius 1 is 2.00 bits per heavy atom. The molecule has 0 bridgehead atoms. The molecule has 0 aromatic carbocycles. The van der Waals surface area contributed by atoms with Gasteiger partial charge in [0.05, 0.1) is 0 Å². The van der Waals surface area contributed by atoms with Gasteiger partial charge in [-0.3, -0.25) is 0 Å². The maximum Gasteiger partial charge on any atom is 0.607 e. The molecular formula is H3NO2P+. The first-order chi connectivity index (χ1) is 1.73. The van der Waals surface area contributed by atoms with E-state index in [0.29, 0.717) is 0 Å². The minimum Gasteiger partial charge on any atom is -0.144 e. The predicted octanol–water partition coefficient (Wildman–Crippen LogP) is -0.405. The quantitative estimate of drug-likeness (QED) is 0.389. The third-order valence-corrected chi connectivity index (χ3v) is 0. The molecule has 4 heavy (non-hydrogen) atoms. The predicted molar refractivity (Wildman–Crippen MR) is 14.0 cm³/mol. The maximum absolute atomic E-state index is 8.93. The first kappa shape index (κ1) is 4.02. The third-order valence-electron chi connectivity index (χ3n) is 0. The molecule has 0 spiro atoms. The van der Waals surface area contributed by atoms with Crippen molar-refractivity contribution in [2.75, 3.05) is 0 Å². The first-order valence-corrected chi connectivity index (χ1v) is 1.92. The van der Waals surface area contributed by atoms with Crippen molar-refractivity contribution < 1.29 is 9.46 Å². The summed E-state index contributed by atoms with van der Waals surface area (Å²) in [6.45, 7) is 0. The molecule has 0 aliphatic carbocycles. The smallest absolute Gasteiger partial charge is 0.144 e. The molecule has 4 heteroatoms. The van der Waals surface area contributed by atoms with Crippen LogP contribution in [0.25, 0.3) is 0 Å². The van der Waals surface area contributed by atoms with Crippen molar-refractivity contribution in [3.05, 3.63) is 0 Å². The zero-order valence-electron chi connectivity index (χ0n) is 1.88. The lowest BCUT2D eigenvalue weighted by Gasteiger charge is -1.36. The maximum atomic E-state index is 8.93. The Kier molecular flexibility index (Phi) is 1.36. The Morgan fingerprint density at radius 2 is 2.00 bits per heavy atom. The SMILES string of the molecule is N[P+](=O)O. The molecule has 3 nitrogen and oxygen atoms in total. The van der Waals surface area contributed by atoms with Crippen molar-refractivity contribution in [1.82, 2.24) is 0 Å². The summed E-state index contributed by atoms with van der Waals surface area (Å²) in [4.78, 5) is 7.34. The van der Waals surface area contributed by atoms with E-state index in [1.54, 1.807) is 0 Å². The fourth-order valence-corrected chi connectivity index (χ4v) is 0. The average Bonchev–Trinajstić information content (AvgIpc) is 0.811. The molecule has 0 aromatic rings. The molecule has 0 radical (unpaired) electrons. The lowest BCUT2D eigenvalue weighted by molar-refractivity contribution is 0.504. The molecule has 1 atom stereocenters. The van der Waals surface area contributed by atoms with Gasteiger partial charge in [-0.05, 0) is 4.57 Å². The number of nitrogens with two attached hydrogens (primary N) is 1. The molecule has 24 valence electrons. The summed E-state index contributed by atoms with van der Waals surface area (Å²) in [6, 6.07) is 0. The second-order valence-corrected chi connectivity index (χ2v) is 0.908. The van der Waals surface area contributed by atoms with Gasteiger partial charge in [0.2, 0.25) is 0 Å². The molecule has 0 amide bonds.